The van der Waals surface area contributed by atoms with E-state index in [2.05, 4.69) is 10.5 Å². The average molecular weight is 184 g/mol. The van der Waals surface area contributed by atoms with E-state index in [9.17, 15) is 4.79 Å². The molecule has 0 rings (SSSR count). The highest BCUT2D eigenvalue weighted by molar-refractivity contribution is 6.19. The van der Waals surface area contributed by atoms with Crippen molar-refractivity contribution >= 4 is 17.7 Å². The Balaban J connectivity index is 0. The van der Waals surface area contributed by atoms with Crippen molar-refractivity contribution in [1.29, 1.82) is 0 Å². The molecule has 1 amide bonds. The molecule has 4 nitrogen and oxygen atoms in total. The van der Waals surface area contributed by atoms with Crippen LogP contribution in [0.4, 0.5) is 4.79 Å². The van der Waals surface area contributed by atoms with E-state index in [0.29, 0.717) is 13.0 Å². The predicted molar refractivity (Wildman–Crippen MR) is 43.4 cm³/mol. The number of carbonyl (C=O) groups is 1. The van der Waals surface area contributed by atoms with Crippen molar-refractivity contribution < 1.29 is 14.6 Å². The number of nitrogens with two attached hydrogens (primary N) is 1. The van der Waals surface area contributed by atoms with Crippen molar-refractivity contribution in [3.63, 3.8) is 0 Å². The number of alkyl halides is 1. The van der Waals surface area contributed by atoms with Crippen LogP contribution in [0.25, 0.3) is 0 Å². The Kier molecular flexibility index (Phi) is 11.4. The molecule has 1 atom stereocenters. The molecule has 0 aromatic carbocycles. The number of hydrogen-bond donors (Lipinski definition) is 2. The minimum absolute atomic E-state index is 0.356. The second kappa shape index (κ2) is 9.52. The molecule has 0 aromatic heterocycles. The average Bonchev–Trinajstić information content (AvgIpc) is 1.89. The first-order chi connectivity index (χ1) is 5.04. The van der Waals surface area contributed by atoms with E-state index >= 15 is 0 Å². The third kappa shape index (κ3) is 26.4. The van der Waals surface area contributed by atoms with E-state index in [4.69, 9.17) is 16.7 Å². The van der Waals surface area contributed by atoms with Gasteiger partial charge < -0.3 is 15.6 Å². The zero-order valence-electron chi connectivity index (χ0n) is 6.71. The van der Waals surface area contributed by atoms with Crippen LogP contribution in [0.3, 0.4) is 0 Å². The van der Waals surface area contributed by atoms with Crippen LogP contribution < -0.4 is 5.73 Å². The van der Waals surface area contributed by atoms with Crippen LogP contribution in [0.15, 0.2) is 0 Å². The molecule has 0 aromatic rings. The van der Waals surface area contributed by atoms with E-state index in [1.165, 1.54) is 0 Å². The number of ether oxygens (including phenoxy) is 1. The summed E-state index contributed by atoms with van der Waals surface area (Å²) in [6.07, 6.45) is -0.0841. The van der Waals surface area contributed by atoms with E-state index in [1.807, 2.05) is 6.92 Å². The Bertz CT molecular complexity index is 97.8. The second-order valence-electron chi connectivity index (χ2n) is 1.59. The molecule has 0 aliphatic heterocycles. The van der Waals surface area contributed by atoms with Gasteiger partial charge in [0.15, 0.2) is 0 Å². The lowest BCUT2D eigenvalue weighted by atomic mass is 10.5. The molecule has 0 saturated heterocycles. The molecule has 1 unspecified atom stereocenters. The fourth-order valence-corrected chi connectivity index (χ4v) is 0.142. The maximum Gasteiger partial charge on any atom is 0.404 e. The van der Waals surface area contributed by atoms with Crippen LogP contribution in [-0.4, -0.2) is 23.4 Å². The highest BCUT2D eigenvalue weighted by Crippen LogP contribution is 1.91. The lowest BCUT2D eigenvalue weighted by molar-refractivity contribution is 0.163. The Labute approximate surface area is 71.3 Å². The number of primary amides is 1. The topological polar surface area (TPSA) is 72.6 Å². The summed E-state index contributed by atoms with van der Waals surface area (Å²) in [7, 11) is 0. The number of halogens is 1. The molecule has 3 N–H and O–H groups in total. The fourth-order valence-electron chi connectivity index (χ4n) is 0.142. The summed E-state index contributed by atoms with van der Waals surface area (Å²) in [6.45, 7) is 3.87. The van der Waals surface area contributed by atoms with Crippen LogP contribution in [0, 0.1) is 0 Å². The number of aliphatic hydroxyl groups excluding tert-OH is 1. The van der Waals surface area contributed by atoms with Crippen LogP contribution in [-0.2, 0) is 4.74 Å². The lowest BCUT2D eigenvalue weighted by Gasteiger charge is -1.89. The van der Waals surface area contributed by atoms with Crippen molar-refractivity contribution in [2.75, 3.05) is 6.61 Å². The molecular formula is C6H14ClNO3. The summed E-state index contributed by atoms with van der Waals surface area (Å²) in [4.78, 5) is 9.60. The summed E-state index contributed by atoms with van der Waals surface area (Å²) >= 11 is 5.02. The van der Waals surface area contributed by atoms with Crippen LogP contribution in [0.1, 0.15) is 20.3 Å². The standard InChI is InChI=1S/C3H7ClO.C3H7NO2/c1-2-3(4)5;1-2-6-3(4)5/h3,5H,2H2,1H3;2H2,1H3,(H2,4,5). The molecule has 0 bridgehead atoms. The van der Waals surface area contributed by atoms with Gasteiger partial charge in [0.25, 0.3) is 0 Å². The van der Waals surface area contributed by atoms with Gasteiger partial charge in [0.1, 0.15) is 5.56 Å². The Morgan fingerprint density at radius 1 is 1.73 bits per heavy atom. The monoisotopic (exact) mass is 183 g/mol. The molecule has 11 heavy (non-hydrogen) atoms. The van der Waals surface area contributed by atoms with Crippen molar-refractivity contribution in [3.05, 3.63) is 0 Å². The van der Waals surface area contributed by atoms with Crippen LogP contribution in [0.5, 0.6) is 0 Å². The maximum absolute atomic E-state index is 9.60. The van der Waals surface area contributed by atoms with E-state index in [0.717, 1.165) is 0 Å². The minimum Gasteiger partial charge on any atom is -0.450 e. The first-order valence-electron chi connectivity index (χ1n) is 3.28. The third-order valence-corrected chi connectivity index (χ3v) is 0.932. The summed E-state index contributed by atoms with van der Waals surface area (Å²) in [6, 6.07) is 0. The number of aliphatic hydroxyl groups is 1. The summed E-state index contributed by atoms with van der Waals surface area (Å²) in [5.74, 6) is 0. The van der Waals surface area contributed by atoms with Gasteiger partial charge >= 0.3 is 6.09 Å². The molecule has 5 heteroatoms. The van der Waals surface area contributed by atoms with E-state index in [-0.39, 0.29) is 0 Å². The number of amides is 1. The van der Waals surface area contributed by atoms with Gasteiger partial charge in [-0.1, -0.05) is 18.5 Å². The molecule has 0 heterocycles. The van der Waals surface area contributed by atoms with Crippen LogP contribution in [0.2, 0.25) is 0 Å². The number of carbonyl (C=O) groups excluding carboxylic acids is 1. The predicted octanol–water partition coefficient (Wildman–Crippen LogP) is 1.06. The first-order valence-corrected chi connectivity index (χ1v) is 3.72. The van der Waals surface area contributed by atoms with E-state index < -0.39 is 11.7 Å². The quantitative estimate of drug-likeness (QED) is 0.629. The number of rotatable bonds is 2. The van der Waals surface area contributed by atoms with Crippen LogP contribution >= 0.6 is 11.6 Å². The van der Waals surface area contributed by atoms with Gasteiger partial charge in [-0.15, -0.1) is 0 Å². The van der Waals surface area contributed by atoms with Gasteiger partial charge in [-0.05, 0) is 13.3 Å². The molecule has 0 fully saturated rings. The van der Waals surface area contributed by atoms with Crippen molar-refractivity contribution in [3.8, 4) is 0 Å². The number of hydrogen-bond acceptors (Lipinski definition) is 3. The zero-order valence-corrected chi connectivity index (χ0v) is 7.47. The molecular weight excluding hydrogens is 170 g/mol. The Morgan fingerprint density at radius 3 is 2.09 bits per heavy atom. The molecule has 0 saturated carbocycles. The Hall–Kier alpha value is -0.480. The second-order valence-corrected chi connectivity index (χ2v) is 2.10. The third-order valence-electron chi connectivity index (χ3n) is 0.623. The molecule has 68 valence electrons. The highest BCUT2D eigenvalue weighted by Gasteiger charge is 1.85. The van der Waals surface area contributed by atoms with Crippen molar-refractivity contribution in [1.82, 2.24) is 0 Å². The fraction of sp³-hybridized carbons (Fsp3) is 0.833. The molecule has 0 radical (unpaired) electrons. The maximum atomic E-state index is 9.60. The van der Waals surface area contributed by atoms with Gasteiger partial charge in [-0.2, -0.15) is 0 Å². The normalized spacial score (nSPS) is 10.9. The molecule has 0 aliphatic rings. The summed E-state index contributed by atoms with van der Waals surface area (Å²) in [5, 5.41) is 8.13. The molecule has 0 aliphatic carbocycles. The lowest BCUT2D eigenvalue weighted by Crippen LogP contribution is -2.11. The summed E-state index contributed by atoms with van der Waals surface area (Å²) < 4.78 is 4.18. The van der Waals surface area contributed by atoms with Gasteiger partial charge in [0.2, 0.25) is 0 Å². The largest absolute Gasteiger partial charge is 0.450 e. The zero-order chi connectivity index (χ0) is 9.28. The Morgan fingerprint density at radius 2 is 2.09 bits per heavy atom. The van der Waals surface area contributed by atoms with Crippen molar-refractivity contribution in [2.45, 2.75) is 25.8 Å². The highest BCUT2D eigenvalue weighted by atomic mass is 35.5. The van der Waals surface area contributed by atoms with Gasteiger partial charge in [0.05, 0.1) is 6.61 Å². The first kappa shape index (κ1) is 13.1. The van der Waals surface area contributed by atoms with Crippen molar-refractivity contribution in [2.24, 2.45) is 5.73 Å². The van der Waals surface area contributed by atoms with Gasteiger partial charge in [0, 0.05) is 0 Å². The minimum atomic E-state index is -0.711. The van der Waals surface area contributed by atoms with Gasteiger partial charge in [-0.25, -0.2) is 4.79 Å². The van der Waals surface area contributed by atoms with E-state index in [1.54, 1.807) is 6.92 Å². The van der Waals surface area contributed by atoms with Gasteiger partial charge in [-0.3, -0.25) is 0 Å². The molecule has 0 spiro atoms. The smallest absolute Gasteiger partial charge is 0.404 e. The SMILES string of the molecule is CCC(O)Cl.CCOC(N)=O. The summed E-state index contributed by atoms with van der Waals surface area (Å²) in [5.41, 5.74) is 3.90.